The van der Waals surface area contributed by atoms with Crippen LogP contribution >= 0.6 is 11.8 Å². The molecule has 2 unspecified atom stereocenters. The van der Waals surface area contributed by atoms with Gasteiger partial charge in [-0.15, -0.1) is 11.8 Å². The average Bonchev–Trinajstić information content (AvgIpc) is 2.70. The van der Waals surface area contributed by atoms with Gasteiger partial charge in [-0.3, -0.25) is 9.59 Å². The fourth-order valence-electron chi connectivity index (χ4n) is 2.05. The molecule has 152 valence electrons. The molecule has 0 saturated heterocycles. The first-order valence-electron chi connectivity index (χ1n) is 8.67. The standard InChI is InChI=1S/C20H20F2N4O2S/c1-13(19(27)25-23-11-15-3-7-17(21)8-4-15)29-14(2)20(28)26-24-12-16-5-9-18(22)10-6-16/h3-14H,1-2H3,(H,25,27)(H,26,28)/b23-11+,24-12+. The zero-order valence-corrected chi connectivity index (χ0v) is 16.6. The van der Waals surface area contributed by atoms with E-state index in [1.165, 1.54) is 61.0 Å². The number of thioether (sulfide) groups is 1. The summed E-state index contributed by atoms with van der Waals surface area (Å²) in [6.45, 7) is 3.30. The lowest BCUT2D eigenvalue weighted by molar-refractivity contribution is -0.120. The van der Waals surface area contributed by atoms with Crippen molar-refractivity contribution in [2.45, 2.75) is 24.3 Å². The van der Waals surface area contributed by atoms with Gasteiger partial charge in [0.25, 0.3) is 11.8 Å². The van der Waals surface area contributed by atoms with Crippen LogP contribution in [0, 0.1) is 11.6 Å². The van der Waals surface area contributed by atoms with Gasteiger partial charge in [0.2, 0.25) is 0 Å². The molecular weight excluding hydrogens is 398 g/mol. The van der Waals surface area contributed by atoms with Crippen molar-refractivity contribution in [3.8, 4) is 0 Å². The van der Waals surface area contributed by atoms with Crippen molar-refractivity contribution in [1.82, 2.24) is 10.9 Å². The second-order valence-electron chi connectivity index (χ2n) is 5.99. The van der Waals surface area contributed by atoms with Gasteiger partial charge < -0.3 is 0 Å². The van der Waals surface area contributed by atoms with Crippen molar-refractivity contribution in [3.63, 3.8) is 0 Å². The molecule has 9 heteroatoms. The number of hydrazone groups is 2. The summed E-state index contributed by atoms with van der Waals surface area (Å²) >= 11 is 1.14. The molecule has 2 atom stereocenters. The van der Waals surface area contributed by atoms with Gasteiger partial charge in [-0.2, -0.15) is 10.2 Å². The van der Waals surface area contributed by atoms with Gasteiger partial charge >= 0.3 is 0 Å². The summed E-state index contributed by atoms with van der Waals surface area (Å²) < 4.78 is 25.7. The third-order valence-electron chi connectivity index (χ3n) is 3.66. The van der Waals surface area contributed by atoms with E-state index in [2.05, 4.69) is 21.1 Å². The molecule has 0 aliphatic carbocycles. The number of rotatable bonds is 8. The van der Waals surface area contributed by atoms with Gasteiger partial charge in [0.1, 0.15) is 11.6 Å². The van der Waals surface area contributed by atoms with E-state index in [4.69, 9.17) is 0 Å². The summed E-state index contributed by atoms with van der Waals surface area (Å²) in [5.74, 6) is -1.46. The number of benzene rings is 2. The normalized spacial score (nSPS) is 13.4. The van der Waals surface area contributed by atoms with Crippen molar-refractivity contribution in [1.29, 1.82) is 0 Å². The maximum atomic E-state index is 12.8. The smallest absolute Gasteiger partial charge is 0.252 e. The Morgan fingerprint density at radius 3 is 1.48 bits per heavy atom. The second-order valence-corrected chi connectivity index (χ2v) is 7.68. The number of nitrogens with zero attached hydrogens (tertiary/aromatic N) is 2. The Morgan fingerprint density at radius 2 is 1.14 bits per heavy atom. The summed E-state index contributed by atoms with van der Waals surface area (Å²) in [6, 6.07) is 11.3. The van der Waals surface area contributed by atoms with Crippen LogP contribution in [-0.2, 0) is 9.59 Å². The molecule has 0 heterocycles. The highest BCUT2D eigenvalue weighted by Crippen LogP contribution is 2.17. The molecule has 29 heavy (non-hydrogen) atoms. The van der Waals surface area contributed by atoms with E-state index in [0.29, 0.717) is 11.1 Å². The Bertz CT molecular complexity index is 813. The number of carbonyl (C=O) groups is 2. The van der Waals surface area contributed by atoms with Crippen molar-refractivity contribution >= 4 is 36.0 Å². The molecule has 0 aliphatic heterocycles. The number of halogens is 2. The fourth-order valence-corrected chi connectivity index (χ4v) is 3.02. The number of hydrogen-bond donors (Lipinski definition) is 2. The van der Waals surface area contributed by atoms with E-state index in [-0.39, 0.29) is 23.4 Å². The minimum absolute atomic E-state index is 0.356. The topological polar surface area (TPSA) is 82.9 Å². The van der Waals surface area contributed by atoms with E-state index >= 15 is 0 Å². The van der Waals surface area contributed by atoms with Gasteiger partial charge in [-0.25, -0.2) is 19.6 Å². The van der Waals surface area contributed by atoms with Crippen LogP contribution in [-0.4, -0.2) is 34.7 Å². The zero-order valence-electron chi connectivity index (χ0n) is 15.8. The third kappa shape index (κ3) is 7.82. The molecule has 0 saturated carbocycles. The lowest BCUT2D eigenvalue weighted by atomic mass is 10.2. The Labute approximate surface area is 171 Å². The maximum absolute atomic E-state index is 12.8. The molecule has 2 aromatic carbocycles. The summed E-state index contributed by atoms with van der Waals surface area (Å²) in [7, 11) is 0. The zero-order chi connectivity index (χ0) is 21.2. The molecule has 2 rings (SSSR count). The summed E-state index contributed by atoms with van der Waals surface area (Å²) in [4.78, 5) is 24.1. The van der Waals surface area contributed by atoms with E-state index in [1.54, 1.807) is 13.8 Å². The lowest BCUT2D eigenvalue weighted by Crippen LogP contribution is -2.33. The average molecular weight is 418 g/mol. The molecule has 2 amide bonds. The first-order valence-corrected chi connectivity index (χ1v) is 9.62. The second kappa shape index (κ2) is 11.1. The molecule has 0 aromatic heterocycles. The molecule has 6 nitrogen and oxygen atoms in total. The molecule has 2 aromatic rings. The highest BCUT2D eigenvalue weighted by molar-refractivity contribution is 8.01. The van der Waals surface area contributed by atoms with Gasteiger partial charge in [-0.05, 0) is 49.2 Å². The van der Waals surface area contributed by atoms with E-state index < -0.39 is 10.5 Å². The predicted molar refractivity (Wildman–Crippen MR) is 111 cm³/mol. The van der Waals surface area contributed by atoms with Crippen LogP contribution in [0.1, 0.15) is 25.0 Å². The molecule has 2 N–H and O–H groups in total. The highest BCUT2D eigenvalue weighted by atomic mass is 32.2. The van der Waals surface area contributed by atoms with Crippen LogP contribution in [0.3, 0.4) is 0 Å². The maximum Gasteiger partial charge on any atom is 0.252 e. The van der Waals surface area contributed by atoms with Crippen LogP contribution < -0.4 is 10.9 Å². The Balaban J connectivity index is 1.76. The van der Waals surface area contributed by atoms with Crippen molar-refractivity contribution in [2.75, 3.05) is 0 Å². The first-order chi connectivity index (χ1) is 13.8. The molecule has 0 spiro atoms. The largest absolute Gasteiger partial charge is 0.272 e. The van der Waals surface area contributed by atoms with Gasteiger partial charge in [-0.1, -0.05) is 24.3 Å². The number of amides is 2. The number of nitrogens with one attached hydrogen (secondary N) is 2. The third-order valence-corrected chi connectivity index (χ3v) is 4.91. The number of carbonyl (C=O) groups excluding carboxylic acids is 2. The monoisotopic (exact) mass is 418 g/mol. The van der Waals surface area contributed by atoms with Crippen molar-refractivity contribution in [3.05, 3.63) is 71.3 Å². The summed E-state index contributed by atoms with van der Waals surface area (Å²) in [5.41, 5.74) is 6.04. The van der Waals surface area contributed by atoms with Crippen LogP contribution in [0.5, 0.6) is 0 Å². The summed E-state index contributed by atoms with van der Waals surface area (Å²) in [5, 5.41) is 6.57. The molecule has 0 fully saturated rings. The van der Waals surface area contributed by atoms with Crippen LogP contribution in [0.4, 0.5) is 8.78 Å². The van der Waals surface area contributed by atoms with Crippen LogP contribution in [0.2, 0.25) is 0 Å². The van der Waals surface area contributed by atoms with E-state index in [9.17, 15) is 18.4 Å². The predicted octanol–water partition coefficient (Wildman–Crippen LogP) is 3.08. The molecule has 0 bridgehead atoms. The van der Waals surface area contributed by atoms with E-state index in [0.717, 1.165) is 11.8 Å². The van der Waals surface area contributed by atoms with Gasteiger partial charge in [0.15, 0.2) is 0 Å². The fraction of sp³-hybridized carbons (Fsp3) is 0.200. The first kappa shape index (κ1) is 22.2. The Morgan fingerprint density at radius 1 is 0.793 bits per heavy atom. The summed E-state index contributed by atoms with van der Waals surface area (Å²) in [6.07, 6.45) is 2.80. The number of hydrogen-bond acceptors (Lipinski definition) is 5. The lowest BCUT2D eigenvalue weighted by Gasteiger charge is -2.14. The Hall–Kier alpha value is -3.07. The van der Waals surface area contributed by atoms with Crippen molar-refractivity contribution < 1.29 is 18.4 Å². The van der Waals surface area contributed by atoms with Crippen LogP contribution in [0.25, 0.3) is 0 Å². The minimum Gasteiger partial charge on any atom is -0.272 e. The molecular formula is C20H20F2N4O2S. The van der Waals surface area contributed by atoms with Gasteiger partial charge in [0.05, 0.1) is 22.9 Å². The SMILES string of the molecule is CC(SC(C)C(=O)N/N=C/c1ccc(F)cc1)C(=O)N/N=C/c1ccc(F)cc1. The quantitative estimate of drug-likeness (QED) is 0.511. The minimum atomic E-state index is -0.540. The molecule has 0 aliphatic rings. The van der Waals surface area contributed by atoms with Crippen LogP contribution in [0.15, 0.2) is 58.7 Å². The van der Waals surface area contributed by atoms with E-state index in [1.807, 2.05) is 0 Å². The highest BCUT2D eigenvalue weighted by Gasteiger charge is 2.21. The van der Waals surface area contributed by atoms with Gasteiger partial charge in [0, 0.05) is 0 Å². The Kier molecular flexibility index (Phi) is 8.47. The van der Waals surface area contributed by atoms with Crippen molar-refractivity contribution in [2.24, 2.45) is 10.2 Å². The molecule has 0 radical (unpaired) electrons.